The van der Waals surface area contributed by atoms with E-state index in [2.05, 4.69) is 22.5 Å². The number of nitrogens with zero attached hydrogens (tertiary/aromatic N) is 1. The molecular formula is C29H61N3O10. The predicted octanol–water partition coefficient (Wildman–Crippen LogP) is 0.592. The summed E-state index contributed by atoms with van der Waals surface area (Å²) in [6.45, 7) is 20.9. The third kappa shape index (κ3) is 32.0. The molecule has 0 aromatic carbocycles. The van der Waals surface area contributed by atoms with E-state index >= 15 is 0 Å². The first kappa shape index (κ1) is 41.0. The fraction of sp³-hybridized carbons (Fsp3) is 0.966. The van der Waals surface area contributed by atoms with Crippen LogP contribution in [0.3, 0.4) is 0 Å². The Bertz CT molecular complexity index is 552. The minimum absolute atomic E-state index is 0.0503. The molecule has 13 nitrogen and oxygen atoms in total. The van der Waals surface area contributed by atoms with Crippen LogP contribution in [0.4, 0.5) is 0 Å². The smallest absolute Gasteiger partial charge is 0.234 e. The fourth-order valence-electron chi connectivity index (χ4n) is 3.53. The molecule has 0 rings (SSSR count). The Morgan fingerprint density at radius 3 is 1.38 bits per heavy atom. The Kier molecular flexibility index (Phi) is 33.7. The van der Waals surface area contributed by atoms with Crippen molar-refractivity contribution in [3.8, 4) is 0 Å². The molecule has 0 fully saturated rings. The van der Waals surface area contributed by atoms with Gasteiger partial charge in [0.25, 0.3) is 0 Å². The van der Waals surface area contributed by atoms with Crippen LogP contribution in [0.5, 0.6) is 0 Å². The largest absolute Gasteiger partial charge is 0.379 e. The van der Waals surface area contributed by atoms with Crippen LogP contribution in [0.2, 0.25) is 0 Å². The van der Waals surface area contributed by atoms with E-state index in [4.69, 9.17) is 42.6 Å². The van der Waals surface area contributed by atoms with E-state index < -0.39 is 0 Å². The van der Waals surface area contributed by atoms with Crippen molar-refractivity contribution in [3.63, 3.8) is 0 Å². The zero-order valence-corrected chi connectivity index (χ0v) is 26.9. The van der Waals surface area contributed by atoms with Gasteiger partial charge in [-0.15, -0.1) is 0 Å². The van der Waals surface area contributed by atoms with E-state index in [1.165, 1.54) is 0 Å². The summed E-state index contributed by atoms with van der Waals surface area (Å²) in [5, 5.41) is 6.39. The zero-order valence-electron chi connectivity index (χ0n) is 26.9. The topological polar surface area (TPSA) is 127 Å². The lowest BCUT2D eigenvalue weighted by Gasteiger charge is -2.26. The summed E-state index contributed by atoms with van der Waals surface area (Å²) in [4.78, 5) is 14.7. The molecule has 2 N–H and O–H groups in total. The standard InChI is InChI=1S/C29H61N3O10/c1-5-34-14-17-40-23-20-37-11-8-30-28(4)26-32(10-13-39-22-25-42-19-16-36-7-3)27-29(33)31-9-12-38-21-24-41-18-15-35-6-2/h28,30H,5-27H2,1-4H3,(H,31,33). The fourth-order valence-corrected chi connectivity index (χ4v) is 3.53. The molecule has 42 heavy (non-hydrogen) atoms. The lowest BCUT2D eigenvalue weighted by Crippen LogP contribution is -2.46. The second kappa shape index (κ2) is 34.5. The molecule has 0 aromatic heterocycles. The highest BCUT2D eigenvalue weighted by Crippen LogP contribution is 1.95. The highest BCUT2D eigenvalue weighted by Gasteiger charge is 2.14. The van der Waals surface area contributed by atoms with Gasteiger partial charge in [-0.3, -0.25) is 9.69 Å². The molecule has 13 heteroatoms. The van der Waals surface area contributed by atoms with Crippen LogP contribution < -0.4 is 10.6 Å². The van der Waals surface area contributed by atoms with Gasteiger partial charge in [-0.05, 0) is 27.7 Å². The van der Waals surface area contributed by atoms with Gasteiger partial charge in [0.2, 0.25) is 5.91 Å². The van der Waals surface area contributed by atoms with Crippen molar-refractivity contribution in [2.45, 2.75) is 33.7 Å². The maximum atomic E-state index is 12.6. The van der Waals surface area contributed by atoms with Crippen molar-refractivity contribution in [1.82, 2.24) is 15.5 Å². The molecule has 0 radical (unpaired) electrons. The highest BCUT2D eigenvalue weighted by molar-refractivity contribution is 5.77. The second-order valence-electron chi connectivity index (χ2n) is 9.21. The molecule has 0 aliphatic heterocycles. The Morgan fingerprint density at radius 1 is 0.548 bits per heavy atom. The van der Waals surface area contributed by atoms with Gasteiger partial charge in [-0.25, -0.2) is 0 Å². The molecule has 0 saturated carbocycles. The minimum Gasteiger partial charge on any atom is -0.379 e. The molecule has 1 atom stereocenters. The van der Waals surface area contributed by atoms with Crippen LogP contribution in [0.15, 0.2) is 0 Å². The summed E-state index contributed by atoms with van der Waals surface area (Å²) in [5.74, 6) is -0.0503. The zero-order chi connectivity index (χ0) is 30.8. The van der Waals surface area contributed by atoms with E-state index in [0.29, 0.717) is 145 Å². The normalized spacial score (nSPS) is 12.3. The first-order chi connectivity index (χ1) is 20.6. The van der Waals surface area contributed by atoms with Gasteiger partial charge in [0.05, 0.1) is 106 Å². The predicted molar refractivity (Wildman–Crippen MR) is 161 cm³/mol. The maximum absolute atomic E-state index is 12.6. The average Bonchev–Trinajstić information content (AvgIpc) is 2.98. The van der Waals surface area contributed by atoms with Gasteiger partial charge in [0, 0.05) is 52.0 Å². The molecule has 1 unspecified atom stereocenters. The summed E-state index contributed by atoms with van der Waals surface area (Å²) in [5.41, 5.74) is 0. The molecule has 1 amide bonds. The van der Waals surface area contributed by atoms with E-state index in [1.54, 1.807) is 0 Å². The molecule has 0 aliphatic rings. The number of hydrogen-bond acceptors (Lipinski definition) is 12. The summed E-state index contributed by atoms with van der Waals surface area (Å²) in [7, 11) is 0. The number of amides is 1. The van der Waals surface area contributed by atoms with Gasteiger partial charge >= 0.3 is 0 Å². The van der Waals surface area contributed by atoms with Crippen molar-refractivity contribution in [1.29, 1.82) is 0 Å². The molecule has 0 heterocycles. The first-order valence-corrected chi connectivity index (χ1v) is 15.6. The van der Waals surface area contributed by atoms with E-state index in [-0.39, 0.29) is 18.5 Å². The number of hydrogen-bond donors (Lipinski definition) is 2. The Balaban J connectivity index is 4.18. The van der Waals surface area contributed by atoms with Crippen LogP contribution >= 0.6 is 0 Å². The van der Waals surface area contributed by atoms with Gasteiger partial charge in [0.15, 0.2) is 0 Å². The lowest BCUT2D eigenvalue weighted by atomic mass is 10.3. The first-order valence-electron chi connectivity index (χ1n) is 15.6. The van der Waals surface area contributed by atoms with Gasteiger partial charge in [0.1, 0.15) is 0 Å². The molecule has 0 aliphatic carbocycles. The molecule has 0 saturated heterocycles. The third-order valence-electron chi connectivity index (χ3n) is 5.60. The van der Waals surface area contributed by atoms with Crippen molar-refractivity contribution in [3.05, 3.63) is 0 Å². The van der Waals surface area contributed by atoms with E-state index in [1.807, 2.05) is 20.8 Å². The SMILES string of the molecule is CCOCCOCCOCCNC(=O)CN(CCOCCOCCOCC)CC(C)NCCOCCOCCOCC. The van der Waals surface area contributed by atoms with Crippen LogP contribution in [0, 0.1) is 0 Å². The summed E-state index contributed by atoms with van der Waals surface area (Å²) >= 11 is 0. The van der Waals surface area contributed by atoms with Gasteiger partial charge < -0.3 is 53.3 Å². The molecule has 0 aromatic rings. The van der Waals surface area contributed by atoms with Crippen molar-refractivity contribution < 1.29 is 47.4 Å². The van der Waals surface area contributed by atoms with Gasteiger partial charge in [-0.1, -0.05) is 0 Å². The van der Waals surface area contributed by atoms with Crippen molar-refractivity contribution in [2.75, 3.05) is 152 Å². The average molecular weight is 612 g/mol. The third-order valence-corrected chi connectivity index (χ3v) is 5.60. The maximum Gasteiger partial charge on any atom is 0.234 e. The number of rotatable bonds is 35. The Labute approximate surface area is 254 Å². The van der Waals surface area contributed by atoms with Crippen molar-refractivity contribution in [2.24, 2.45) is 0 Å². The summed E-state index contributed by atoms with van der Waals surface area (Å²) in [6.07, 6.45) is 0. The number of nitrogens with one attached hydrogen (secondary N) is 2. The quantitative estimate of drug-likeness (QED) is 0.0974. The van der Waals surface area contributed by atoms with E-state index in [9.17, 15) is 4.79 Å². The number of ether oxygens (including phenoxy) is 9. The van der Waals surface area contributed by atoms with Crippen molar-refractivity contribution >= 4 is 5.91 Å². The Hall–Kier alpha value is -0.970. The van der Waals surface area contributed by atoms with E-state index in [0.717, 1.165) is 0 Å². The molecule has 0 bridgehead atoms. The second-order valence-corrected chi connectivity index (χ2v) is 9.21. The van der Waals surface area contributed by atoms with Crippen LogP contribution in [-0.2, 0) is 47.4 Å². The Morgan fingerprint density at radius 2 is 0.929 bits per heavy atom. The van der Waals surface area contributed by atoms with Gasteiger partial charge in [-0.2, -0.15) is 0 Å². The van der Waals surface area contributed by atoms with Crippen LogP contribution in [0.1, 0.15) is 27.7 Å². The molecule has 252 valence electrons. The van der Waals surface area contributed by atoms with Crippen LogP contribution in [-0.4, -0.2) is 168 Å². The number of carbonyl (C=O) groups excluding carboxylic acids is 1. The monoisotopic (exact) mass is 611 g/mol. The summed E-state index contributed by atoms with van der Waals surface area (Å²) < 4.78 is 48.9. The summed E-state index contributed by atoms with van der Waals surface area (Å²) in [6, 6.07) is 0.164. The number of carbonyl (C=O) groups is 1. The molecule has 0 spiro atoms. The minimum atomic E-state index is -0.0503. The van der Waals surface area contributed by atoms with Crippen LogP contribution in [0.25, 0.3) is 0 Å². The highest BCUT2D eigenvalue weighted by atomic mass is 16.6. The molecular weight excluding hydrogens is 550 g/mol. The lowest BCUT2D eigenvalue weighted by molar-refractivity contribution is -0.122.